The van der Waals surface area contributed by atoms with E-state index in [0.717, 1.165) is 19.3 Å². The third kappa shape index (κ3) is 5.86. The summed E-state index contributed by atoms with van der Waals surface area (Å²) in [5.41, 5.74) is 0.707. The number of methoxy groups -OCH3 is 2. The highest BCUT2D eigenvalue weighted by Gasteiger charge is 2.46. The molecule has 4 rings (SSSR count). The Morgan fingerprint density at radius 2 is 1.70 bits per heavy atom. The Morgan fingerprint density at radius 1 is 1.00 bits per heavy atom. The topological polar surface area (TPSA) is 123 Å². The fraction of sp³-hybridized carbons (Fsp3) is 0.448. The molecular weight excluding hydrogens is 536 g/mol. The Balaban J connectivity index is 1.76. The van der Waals surface area contributed by atoms with Crippen LogP contribution in [0.25, 0.3) is 5.76 Å². The van der Waals surface area contributed by atoms with Gasteiger partial charge in [0.1, 0.15) is 5.76 Å². The van der Waals surface area contributed by atoms with Crippen molar-refractivity contribution in [2.24, 2.45) is 0 Å². The van der Waals surface area contributed by atoms with Gasteiger partial charge in [0.05, 0.1) is 30.2 Å². The van der Waals surface area contributed by atoms with Crippen LogP contribution >= 0.6 is 0 Å². The highest BCUT2D eigenvalue weighted by Crippen LogP contribution is 2.42. The molecule has 2 saturated heterocycles. The summed E-state index contributed by atoms with van der Waals surface area (Å²) in [7, 11) is -0.616. The van der Waals surface area contributed by atoms with E-state index in [4.69, 9.17) is 14.2 Å². The van der Waals surface area contributed by atoms with Crippen LogP contribution in [0.5, 0.6) is 11.5 Å². The van der Waals surface area contributed by atoms with Crippen molar-refractivity contribution in [2.75, 3.05) is 47.1 Å². The number of carbonyl (C=O) groups excluding carboxylic acids is 2. The molecule has 40 heavy (non-hydrogen) atoms. The van der Waals surface area contributed by atoms with E-state index in [1.807, 2.05) is 6.92 Å². The number of benzene rings is 2. The summed E-state index contributed by atoms with van der Waals surface area (Å²) in [6, 6.07) is 9.98. The molecule has 2 heterocycles. The molecule has 1 atom stereocenters. The van der Waals surface area contributed by atoms with Gasteiger partial charge in [-0.25, -0.2) is 8.42 Å². The molecule has 2 aliphatic rings. The highest BCUT2D eigenvalue weighted by atomic mass is 32.2. The predicted molar refractivity (Wildman–Crippen MR) is 149 cm³/mol. The van der Waals surface area contributed by atoms with Crippen molar-refractivity contribution in [3.63, 3.8) is 0 Å². The van der Waals surface area contributed by atoms with Gasteiger partial charge in [0, 0.05) is 38.9 Å². The van der Waals surface area contributed by atoms with Gasteiger partial charge in [0.2, 0.25) is 10.0 Å². The third-order valence-corrected chi connectivity index (χ3v) is 9.08. The van der Waals surface area contributed by atoms with E-state index in [9.17, 15) is 23.1 Å². The number of nitrogens with zero attached hydrogens (tertiary/aromatic N) is 2. The number of amides is 1. The average Bonchev–Trinajstić information content (AvgIpc) is 3.23. The molecule has 1 amide bonds. The first-order chi connectivity index (χ1) is 19.2. The van der Waals surface area contributed by atoms with Crippen molar-refractivity contribution in [2.45, 2.75) is 43.5 Å². The van der Waals surface area contributed by atoms with Gasteiger partial charge in [-0.1, -0.05) is 12.5 Å². The summed E-state index contributed by atoms with van der Waals surface area (Å²) < 4.78 is 43.9. The number of ketones is 1. The minimum absolute atomic E-state index is 0.0831. The van der Waals surface area contributed by atoms with Crippen molar-refractivity contribution >= 4 is 27.5 Å². The summed E-state index contributed by atoms with van der Waals surface area (Å²) in [5.74, 6) is -1.00. The number of carbonyl (C=O) groups is 2. The Labute approximate surface area is 235 Å². The molecule has 10 nitrogen and oxygen atoms in total. The van der Waals surface area contributed by atoms with E-state index in [0.29, 0.717) is 49.8 Å². The quantitative estimate of drug-likeness (QED) is 0.187. The molecule has 0 bridgehead atoms. The number of likely N-dealkylation sites (tertiary alicyclic amines) is 1. The third-order valence-electron chi connectivity index (χ3n) is 7.17. The number of Topliss-reactive ketones (excluding diaryl/α,β-unsaturated/α-hetero) is 1. The number of hydrogen-bond acceptors (Lipinski definition) is 8. The molecule has 0 aliphatic carbocycles. The van der Waals surface area contributed by atoms with Crippen molar-refractivity contribution in [1.82, 2.24) is 9.21 Å². The molecule has 2 aromatic carbocycles. The van der Waals surface area contributed by atoms with Crippen LogP contribution in [0, 0.1) is 0 Å². The maximum Gasteiger partial charge on any atom is 0.295 e. The van der Waals surface area contributed by atoms with Gasteiger partial charge in [-0.15, -0.1) is 0 Å². The molecule has 0 aromatic heterocycles. The standard InChI is InChI=1S/C29H36N2O8S/c1-4-39-23-14-11-21(19-24(23)38-3)26-25(28(33)29(34)31(26)17-8-18-37-2)27(32)20-9-12-22(13-10-20)40(35,36)30-15-6-5-7-16-30/h9-14,19,26,32H,4-8,15-18H2,1-3H3/t26-/m1/s1. The fourth-order valence-electron chi connectivity index (χ4n) is 5.16. The average molecular weight is 573 g/mol. The molecule has 0 saturated carbocycles. The number of aliphatic hydroxyl groups is 1. The molecule has 2 aromatic rings. The SMILES string of the molecule is CCOc1ccc([C@@H]2C(=C(O)c3ccc(S(=O)(=O)N4CCCCC4)cc3)C(=O)C(=O)N2CCCOC)cc1OC. The first-order valence-corrected chi connectivity index (χ1v) is 14.9. The smallest absolute Gasteiger partial charge is 0.295 e. The molecular formula is C29H36N2O8S. The summed E-state index contributed by atoms with van der Waals surface area (Å²) in [4.78, 5) is 28.0. The van der Waals surface area contributed by atoms with E-state index in [-0.39, 0.29) is 28.3 Å². The summed E-state index contributed by atoms with van der Waals surface area (Å²) in [6.45, 7) is 3.83. The Morgan fingerprint density at radius 3 is 2.33 bits per heavy atom. The molecule has 11 heteroatoms. The van der Waals surface area contributed by atoms with Crippen molar-refractivity contribution in [3.05, 3.63) is 59.2 Å². The van der Waals surface area contributed by atoms with Crippen LogP contribution in [0.1, 0.15) is 49.8 Å². The van der Waals surface area contributed by atoms with Crippen LogP contribution in [0.4, 0.5) is 0 Å². The number of ether oxygens (including phenoxy) is 3. The van der Waals surface area contributed by atoms with E-state index in [1.54, 1.807) is 25.3 Å². The number of hydrogen-bond donors (Lipinski definition) is 1. The Kier molecular flexibility index (Phi) is 9.49. The van der Waals surface area contributed by atoms with Crippen LogP contribution in [-0.2, 0) is 24.3 Å². The summed E-state index contributed by atoms with van der Waals surface area (Å²) in [5, 5.41) is 11.4. The monoisotopic (exact) mass is 572 g/mol. The Bertz CT molecular complexity index is 1360. The number of sulfonamides is 1. The lowest BCUT2D eigenvalue weighted by atomic mass is 9.95. The normalized spacial score (nSPS) is 19.7. The lowest BCUT2D eigenvalue weighted by molar-refractivity contribution is -0.140. The minimum atomic E-state index is -3.67. The van der Waals surface area contributed by atoms with Gasteiger partial charge in [-0.05, 0) is 68.1 Å². The second-order valence-corrected chi connectivity index (χ2v) is 11.6. The second kappa shape index (κ2) is 12.8. The molecule has 2 fully saturated rings. The van der Waals surface area contributed by atoms with Gasteiger partial charge in [-0.2, -0.15) is 4.31 Å². The van der Waals surface area contributed by atoms with Gasteiger partial charge in [-0.3, -0.25) is 9.59 Å². The van der Waals surface area contributed by atoms with E-state index < -0.39 is 27.8 Å². The van der Waals surface area contributed by atoms with Crippen molar-refractivity contribution in [1.29, 1.82) is 0 Å². The van der Waals surface area contributed by atoms with Gasteiger partial charge in [0.25, 0.3) is 11.7 Å². The largest absolute Gasteiger partial charge is 0.507 e. The first-order valence-electron chi connectivity index (χ1n) is 13.4. The molecule has 216 valence electrons. The maximum absolute atomic E-state index is 13.3. The first kappa shape index (κ1) is 29.6. The lowest BCUT2D eigenvalue weighted by Gasteiger charge is -2.26. The van der Waals surface area contributed by atoms with Crippen LogP contribution in [-0.4, -0.2) is 81.5 Å². The molecule has 0 unspecified atom stereocenters. The summed E-state index contributed by atoms with van der Waals surface area (Å²) in [6.07, 6.45) is 3.12. The van der Waals surface area contributed by atoms with E-state index in [2.05, 4.69) is 0 Å². The number of aliphatic hydroxyl groups excluding tert-OH is 1. The van der Waals surface area contributed by atoms with Crippen LogP contribution < -0.4 is 9.47 Å². The number of rotatable bonds is 11. The van der Waals surface area contributed by atoms with Crippen LogP contribution in [0.15, 0.2) is 52.9 Å². The Hall–Kier alpha value is -3.41. The fourth-order valence-corrected chi connectivity index (χ4v) is 6.68. The number of piperidine rings is 1. The van der Waals surface area contributed by atoms with E-state index >= 15 is 0 Å². The second-order valence-electron chi connectivity index (χ2n) is 9.67. The maximum atomic E-state index is 13.3. The summed E-state index contributed by atoms with van der Waals surface area (Å²) >= 11 is 0. The minimum Gasteiger partial charge on any atom is -0.507 e. The van der Waals surface area contributed by atoms with Gasteiger partial charge >= 0.3 is 0 Å². The van der Waals surface area contributed by atoms with Crippen molar-refractivity contribution < 1.29 is 37.3 Å². The van der Waals surface area contributed by atoms with Gasteiger partial charge < -0.3 is 24.2 Å². The molecule has 0 radical (unpaired) electrons. The predicted octanol–water partition coefficient (Wildman–Crippen LogP) is 3.73. The molecule has 1 N–H and O–H groups in total. The van der Waals surface area contributed by atoms with Crippen molar-refractivity contribution in [3.8, 4) is 11.5 Å². The zero-order valence-corrected chi connectivity index (χ0v) is 23.9. The molecule has 2 aliphatic heterocycles. The zero-order chi connectivity index (χ0) is 28.9. The highest BCUT2D eigenvalue weighted by molar-refractivity contribution is 7.89. The van der Waals surface area contributed by atoms with Crippen LogP contribution in [0.2, 0.25) is 0 Å². The molecule has 0 spiro atoms. The van der Waals surface area contributed by atoms with Gasteiger partial charge in [0.15, 0.2) is 11.5 Å². The zero-order valence-electron chi connectivity index (χ0n) is 23.1. The van der Waals surface area contributed by atoms with E-state index in [1.165, 1.54) is 40.6 Å². The lowest BCUT2D eigenvalue weighted by Crippen LogP contribution is -2.35. The van der Waals surface area contributed by atoms with Crippen LogP contribution in [0.3, 0.4) is 0 Å².